The van der Waals surface area contributed by atoms with Gasteiger partial charge < -0.3 is 5.73 Å². The van der Waals surface area contributed by atoms with E-state index in [4.69, 9.17) is 5.73 Å². The molecule has 0 spiro atoms. The van der Waals surface area contributed by atoms with E-state index in [9.17, 15) is 0 Å². The molecule has 0 bridgehead atoms. The van der Waals surface area contributed by atoms with Crippen LogP contribution >= 0.6 is 0 Å². The Morgan fingerprint density at radius 3 is 2.75 bits per heavy atom. The number of hydrogen-bond acceptors (Lipinski definition) is 4. The Hall–Kier alpha value is -2.95. The van der Waals surface area contributed by atoms with E-state index in [-0.39, 0.29) is 0 Å². The molecule has 4 rings (SSSR count). The molecule has 0 saturated carbocycles. The number of hydrogen-bond donors (Lipinski definition) is 1. The molecule has 0 radical (unpaired) electrons. The van der Waals surface area contributed by atoms with Gasteiger partial charge in [-0.25, -0.2) is 4.98 Å². The number of anilines is 1. The van der Waals surface area contributed by atoms with Crippen molar-refractivity contribution in [3.8, 4) is 5.69 Å². The number of aromatic nitrogens is 4. The summed E-state index contributed by atoms with van der Waals surface area (Å²) in [6, 6.07) is 9.95. The van der Waals surface area contributed by atoms with Gasteiger partial charge in [-0.15, -0.1) is 0 Å². The quantitative estimate of drug-likeness (QED) is 0.571. The van der Waals surface area contributed by atoms with Crippen LogP contribution < -0.4 is 5.73 Å². The molecule has 5 heteroatoms. The summed E-state index contributed by atoms with van der Waals surface area (Å²) in [4.78, 5) is 12.6. The first-order valence-corrected chi connectivity index (χ1v) is 6.25. The Morgan fingerprint density at radius 2 is 1.80 bits per heavy atom. The van der Waals surface area contributed by atoms with Crippen LogP contribution in [-0.2, 0) is 0 Å². The van der Waals surface area contributed by atoms with Crippen LogP contribution in [0.1, 0.15) is 0 Å². The number of imidazole rings is 1. The highest BCUT2D eigenvalue weighted by Gasteiger charge is 2.11. The summed E-state index contributed by atoms with van der Waals surface area (Å²) >= 11 is 0. The van der Waals surface area contributed by atoms with E-state index < -0.39 is 0 Å². The highest BCUT2D eigenvalue weighted by molar-refractivity contribution is 5.92. The van der Waals surface area contributed by atoms with Gasteiger partial charge >= 0.3 is 0 Å². The maximum absolute atomic E-state index is 6.08. The van der Waals surface area contributed by atoms with Crippen LogP contribution in [0.2, 0.25) is 0 Å². The van der Waals surface area contributed by atoms with E-state index in [2.05, 4.69) is 15.0 Å². The fourth-order valence-corrected chi connectivity index (χ4v) is 2.50. The van der Waals surface area contributed by atoms with Crippen molar-refractivity contribution in [2.45, 2.75) is 0 Å². The Kier molecular flexibility index (Phi) is 2.20. The Labute approximate surface area is 114 Å². The minimum Gasteiger partial charge on any atom is -0.369 e. The van der Waals surface area contributed by atoms with Crippen LogP contribution in [-0.4, -0.2) is 19.5 Å². The number of rotatable bonds is 1. The van der Waals surface area contributed by atoms with Gasteiger partial charge in [0.05, 0.1) is 17.4 Å². The van der Waals surface area contributed by atoms with Crippen molar-refractivity contribution in [1.29, 1.82) is 0 Å². The van der Waals surface area contributed by atoms with E-state index in [0.29, 0.717) is 5.95 Å². The van der Waals surface area contributed by atoms with Gasteiger partial charge in [-0.05, 0) is 18.2 Å². The predicted octanol–water partition coefficient (Wildman–Crippen LogP) is 2.55. The zero-order valence-electron chi connectivity index (χ0n) is 10.6. The molecule has 20 heavy (non-hydrogen) atoms. The number of nitrogens with two attached hydrogens (primary N) is 1. The molecule has 0 atom stereocenters. The first-order valence-electron chi connectivity index (χ1n) is 6.25. The predicted molar refractivity (Wildman–Crippen MR) is 78.6 cm³/mol. The second kappa shape index (κ2) is 4.03. The third-order valence-electron chi connectivity index (χ3n) is 3.38. The molecule has 0 unspecified atom stereocenters. The molecule has 1 aromatic carbocycles. The molecular weight excluding hydrogens is 250 g/mol. The lowest BCUT2D eigenvalue weighted by molar-refractivity contribution is 1.12. The Bertz CT molecular complexity index is 921. The maximum atomic E-state index is 6.08. The van der Waals surface area contributed by atoms with Crippen LogP contribution in [0.25, 0.3) is 27.5 Å². The average molecular weight is 261 g/mol. The topological polar surface area (TPSA) is 69.6 Å². The number of nitrogen functional groups attached to an aromatic ring is 1. The lowest BCUT2D eigenvalue weighted by Crippen LogP contribution is -2.01. The van der Waals surface area contributed by atoms with Crippen molar-refractivity contribution >= 4 is 27.8 Å². The fourth-order valence-electron chi connectivity index (χ4n) is 2.50. The maximum Gasteiger partial charge on any atom is 0.206 e. The van der Waals surface area contributed by atoms with Gasteiger partial charge in [0, 0.05) is 29.4 Å². The molecule has 0 aliphatic carbocycles. The van der Waals surface area contributed by atoms with Crippen molar-refractivity contribution < 1.29 is 0 Å². The molecule has 2 N–H and O–H groups in total. The van der Waals surface area contributed by atoms with E-state index >= 15 is 0 Å². The third kappa shape index (κ3) is 1.46. The molecule has 3 heterocycles. The van der Waals surface area contributed by atoms with E-state index in [0.717, 1.165) is 27.5 Å². The molecule has 0 aliphatic rings. The second-order valence-electron chi connectivity index (χ2n) is 4.54. The summed E-state index contributed by atoms with van der Waals surface area (Å²) in [6.45, 7) is 0. The highest BCUT2D eigenvalue weighted by atomic mass is 15.2. The lowest BCUT2D eigenvalue weighted by atomic mass is 10.1. The third-order valence-corrected chi connectivity index (χ3v) is 3.38. The number of benzene rings is 1. The summed E-state index contributed by atoms with van der Waals surface area (Å²) in [5.41, 5.74) is 8.82. The zero-order valence-corrected chi connectivity index (χ0v) is 10.6. The molecule has 0 fully saturated rings. The standard InChI is InChI=1S/C15H11N5/c16-15-19-12-9-18-7-5-14(12)20(15)13-3-1-2-10-8-17-6-4-11(10)13/h1-9H,(H2,16,19). The normalized spacial score (nSPS) is 11.2. The van der Waals surface area contributed by atoms with Crippen molar-refractivity contribution in [3.63, 3.8) is 0 Å². The molecule has 0 saturated heterocycles. The summed E-state index contributed by atoms with van der Waals surface area (Å²) in [5.74, 6) is 0.456. The van der Waals surface area contributed by atoms with Gasteiger partial charge in [-0.3, -0.25) is 14.5 Å². The van der Waals surface area contributed by atoms with Gasteiger partial charge in [0.25, 0.3) is 0 Å². The van der Waals surface area contributed by atoms with Gasteiger partial charge in [0.2, 0.25) is 5.95 Å². The SMILES string of the molecule is Nc1nc2cnccc2n1-c1cccc2cnccc12. The lowest BCUT2D eigenvalue weighted by Gasteiger charge is -2.09. The molecule has 0 aliphatic heterocycles. The number of pyridine rings is 2. The molecular formula is C15H11N5. The summed E-state index contributed by atoms with van der Waals surface area (Å²) in [7, 11) is 0. The fraction of sp³-hybridized carbons (Fsp3) is 0. The number of fused-ring (bicyclic) bond motifs is 2. The van der Waals surface area contributed by atoms with Crippen molar-refractivity contribution in [2.75, 3.05) is 5.73 Å². The Balaban J connectivity index is 2.14. The minimum atomic E-state index is 0.456. The highest BCUT2D eigenvalue weighted by Crippen LogP contribution is 2.27. The summed E-state index contributed by atoms with van der Waals surface area (Å²) in [5, 5.41) is 2.16. The van der Waals surface area contributed by atoms with Crippen LogP contribution in [0, 0.1) is 0 Å². The van der Waals surface area contributed by atoms with Gasteiger partial charge in [-0.2, -0.15) is 0 Å². The Morgan fingerprint density at radius 1 is 0.950 bits per heavy atom. The smallest absolute Gasteiger partial charge is 0.206 e. The van der Waals surface area contributed by atoms with Crippen LogP contribution in [0.4, 0.5) is 5.95 Å². The van der Waals surface area contributed by atoms with E-state index in [1.807, 2.05) is 41.1 Å². The summed E-state index contributed by atoms with van der Waals surface area (Å²) < 4.78 is 1.94. The first-order chi connectivity index (χ1) is 9.84. The van der Waals surface area contributed by atoms with Gasteiger partial charge in [0.15, 0.2) is 0 Å². The minimum absolute atomic E-state index is 0.456. The van der Waals surface area contributed by atoms with Crippen LogP contribution in [0.15, 0.2) is 55.1 Å². The van der Waals surface area contributed by atoms with Crippen LogP contribution in [0.3, 0.4) is 0 Å². The number of nitrogens with zero attached hydrogens (tertiary/aromatic N) is 4. The first kappa shape index (κ1) is 10.9. The second-order valence-corrected chi connectivity index (χ2v) is 4.54. The van der Waals surface area contributed by atoms with Crippen molar-refractivity contribution in [1.82, 2.24) is 19.5 Å². The van der Waals surface area contributed by atoms with Crippen molar-refractivity contribution in [3.05, 3.63) is 55.1 Å². The largest absolute Gasteiger partial charge is 0.369 e. The monoisotopic (exact) mass is 261 g/mol. The molecule has 0 amide bonds. The average Bonchev–Trinajstić information content (AvgIpc) is 2.82. The van der Waals surface area contributed by atoms with Gasteiger partial charge in [0.1, 0.15) is 5.52 Å². The van der Waals surface area contributed by atoms with Crippen LogP contribution in [0.5, 0.6) is 0 Å². The molecule has 5 nitrogen and oxygen atoms in total. The molecule has 4 aromatic rings. The summed E-state index contributed by atoms with van der Waals surface area (Å²) in [6.07, 6.45) is 7.08. The molecule has 3 aromatic heterocycles. The van der Waals surface area contributed by atoms with E-state index in [1.54, 1.807) is 18.6 Å². The van der Waals surface area contributed by atoms with Crippen molar-refractivity contribution in [2.24, 2.45) is 0 Å². The van der Waals surface area contributed by atoms with Gasteiger partial charge in [-0.1, -0.05) is 12.1 Å². The molecule has 96 valence electrons. The van der Waals surface area contributed by atoms with E-state index in [1.165, 1.54) is 0 Å². The zero-order chi connectivity index (χ0) is 13.5.